The van der Waals surface area contributed by atoms with Crippen LogP contribution in [0.1, 0.15) is 0 Å². The average molecular weight is 526 g/mol. The molecule has 0 fully saturated rings. The van der Waals surface area contributed by atoms with Crippen molar-refractivity contribution in [3.63, 3.8) is 0 Å². The van der Waals surface area contributed by atoms with Crippen molar-refractivity contribution < 1.29 is 39.8 Å². The Hall–Kier alpha value is -6.35. The van der Waals surface area contributed by atoms with E-state index in [1.807, 2.05) is 0 Å². The molecule has 37 heavy (non-hydrogen) atoms. The van der Waals surface area contributed by atoms with Gasteiger partial charge in [0, 0.05) is 12.4 Å². The molecule has 0 spiro atoms. The number of H-pyrrole nitrogens is 1. The summed E-state index contributed by atoms with van der Waals surface area (Å²) in [6.45, 7) is 0. The number of nitro benzene ring substituents is 6. The molecule has 0 saturated carbocycles. The Morgan fingerprint density at radius 3 is 1.00 bits per heavy atom. The first-order chi connectivity index (χ1) is 17.2. The minimum absolute atomic E-state index is 0.447. The van der Waals surface area contributed by atoms with Gasteiger partial charge in [0.2, 0.25) is 0 Å². The number of nitro groups is 6. The van der Waals surface area contributed by atoms with E-state index < -0.39 is 75.2 Å². The number of hydrogen-bond acceptors (Lipinski definition) is 15. The lowest BCUT2D eigenvalue weighted by atomic mass is 10.2. The number of aromatic amines is 1. The van der Waals surface area contributed by atoms with Crippen molar-refractivity contribution >= 4 is 34.1 Å². The predicted molar refractivity (Wildman–Crippen MR) is 115 cm³/mol. The zero-order valence-electron chi connectivity index (χ0n) is 17.5. The Kier molecular flexibility index (Phi) is 9.46. The lowest BCUT2D eigenvalue weighted by Crippen LogP contribution is -1.97. The summed E-state index contributed by atoms with van der Waals surface area (Å²) in [6, 6.07) is 1.79. The number of phenolic OH excluding ortho intramolecular Hbond substituents is 2. The van der Waals surface area contributed by atoms with Crippen LogP contribution < -0.4 is 0 Å². The number of rotatable bonds is 6. The number of nitrogens with zero attached hydrogens (tertiary/aromatic N) is 7. The third-order valence-corrected chi connectivity index (χ3v) is 3.72. The van der Waals surface area contributed by atoms with Gasteiger partial charge in [0.1, 0.15) is 0 Å². The molecule has 0 aliphatic heterocycles. The van der Waals surface area contributed by atoms with Crippen LogP contribution in [0.5, 0.6) is 11.5 Å². The van der Waals surface area contributed by atoms with E-state index in [0.717, 1.165) is 0 Å². The number of aromatic nitrogens is 2. The number of benzene rings is 2. The van der Waals surface area contributed by atoms with Crippen LogP contribution in [0.15, 0.2) is 43.0 Å². The fourth-order valence-corrected chi connectivity index (χ4v) is 2.16. The molecule has 0 atom stereocenters. The van der Waals surface area contributed by atoms with Crippen LogP contribution in [-0.4, -0.2) is 49.7 Å². The SMILES string of the molecule is O=[N+]([O-])c1cc([N+](=O)[O-])c(O)c([N+](=O)[O-])c1.O=[N+]([O-])c1cc([N+](=O)[O-])c(O)c([N+](=O)[O-])c1.c1c[nH]cn1. The van der Waals surface area contributed by atoms with Crippen LogP contribution in [0.4, 0.5) is 34.1 Å². The second kappa shape index (κ2) is 12.2. The minimum atomic E-state index is -1.21. The van der Waals surface area contributed by atoms with E-state index >= 15 is 0 Å². The molecule has 0 amide bonds. The van der Waals surface area contributed by atoms with Crippen molar-refractivity contribution in [1.82, 2.24) is 9.97 Å². The largest absolute Gasteiger partial charge is 0.497 e. The number of hydrogen-bond donors (Lipinski definition) is 3. The van der Waals surface area contributed by atoms with Gasteiger partial charge in [0.25, 0.3) is 22.9 Å². The number of phenols is 2. The number of aromatic hydroxyl groups is 2. The van der Waals surface area contributed by atoms with Crippen molar-refractivity contribution in [3.05, 3.63) is 104 Å². The summed E-state index contributed by atoms with van der Waals surface area (Å²) in [5.74, 6) is -2.42. The molecule has 22 nitrogen and oxygen atoms in total. The van der Waals surface area contributed by atoms with Crippen LogP contribution in [0.3, 0.4) is 0 Å². The predicted octanol–water partition coefficient (Wildman–Crippen LogP) is 2.64. The molecule has 0 bridgehead atoms. The van der Waals surface area contributed by atoms with Crippen LogP contribution in [0, 0.1) is 60.7 Å². The minimum Gasteiger partial charge on any atom is -0.497 e. The molecule has 3 N–H and O–H groups in total. The van der Waals surface area contributed by atoms with E-state index in [0.29, 0.717) is 24.3 Å². The molecule has 194 valence electrons. The summed E-state index contributed by atoms with van der Waals surface area (Å²) < 4.78 is 0. The monoisotopic (exact) mass is 526 g/mol. The second-order valence-electron chi connectivity index (χ2n) is 5.97. The van der Waals surface area contributed by atoms with Gasteiger partial charge in [-0.1, -0.05) is 0 Å². The summed E-state index contributed by atoms with van der Waals surface area (Å²) in [4.78, 5) is 62.0. The second-order valence-corrected chi connectivity index (χ2v) is 5.97. The van der Waals surface area contributed by atoms with E-state index in [4.69, 9.17) is 10.2 Å². The van der Waals surface area contributed by atoms with Gasteiger partial charge in [-0.25, -0.2) is 4.98 Å². The first-order valence-electron chi connectivity index (χ1n) is 8.72. The third kappa shape index (κ3) is 7.59. The molecule has 0 radical (unpaired) electrons. The highest BCUT2D eigenvalue weighted by molar-refractivity contribution is 5.65. The lowest BCUT2D eigenvalue weighted by Gasteiger charge is -1.97. The maximum absolute atomic E-state index is 10.4. The molecule has 0 saturated heterocycles. The van der Waals surface area contributed by atoms with E-state index in [9.17, 15) is 60.7 Å². The summed E-state index contributed by atoms with van der Waals surface area (Å²) in [6.07, 6.45) is 5.08. The highest BCUT2D eigenvalue weighted by Crippen LogP contribution is 2.40. The van der Waals surface area contributed by atoms with Crippen LogP contribution in [0.25, 0.3) is 0 Å². The smallest absolute Gasteiger partial charge is 0.324 e. The van der Waals surface area contributed by atoms with Crippen molar-refractivity contribution in [2.75, 3.05) is 0 Å². The quantitative estimate of drug-likeness (QED) is 0.307. The van der Waals surface area contributed by atoms with E-state index in [1.54, 1.807) is 18.7 Å². The van der Waals surface area contributed by atoms with Gasteiger partial charge in [-0.2, -0.15) is 0 Å². The van der Waals surface area contributed by atoms with Gasteiger partial charge in [-0.05, 0) is 0 Å². The Morgan fingerprint density at radius 2 is 0.865 bits per heavy atom. The summed E-state index contributed by atoms with van der Waals surface area (Å²) in [5, 5.41) is 80.4. The normalized spacial score (nSPS) is 9.51. The van der Waals surface area contributed by atoms with Gasteiger partial charge < -0.3 is 15.2 Å². The van der Waals surface area contributed by atoms with Gasteiger partial charge in [0.05, 0.1) is 60.1 Å². The Morgan fingerprint density at radius 1 is 0.568 bits per heavy atom. The molecule has 2 aromatic carbocycles. The Balaban J connectivity index is 0.000000311. The van der Waals surface area contributed by atoms with Crippen molar-refractivity contribution in [1.29, 1.82) is 0 Å². The topological polar surface area (TPSA) is 328 Å². The van der Waals surface area contributed by atoms with E-state index in [1.165, 1.54) is 0 Å². The van der Waals surface area contributed by atoms with Crippen molar-refractivity contribution in [2.24, 2.45) is 0 Å². The maximum atomic E-state index is 10.4. The zero-order valence-corrected chi connectivity index (χ0v) is 17.5. The molecule has 0 aliphatic rings. The van der Waals surface area contributed by atoms with Gasteiger partial charge in [0.15, 0.2) is 0 Å². The van der Waals surface area contributed by atoms with Crippen molar-refractivity contribution in [3.8, 4) is 11.5 Å². The summed E-state index contributed by atoms with van der Waals surface area (Å²) >= 11 is 0. The number of nitrogens with one attached hydrogen (secondary N) is 1. The fourth-order valence-electron chi connectivity index (χ4n) is 2.16. The highest BCUT2D eigenvalue weighted by atomic mass is 16.7. The number of imidazole rings is 1. The van der Waals surface area contributed by atoms with Crippen LogP contribution >= 0.6 is 0 Å². The first kappa shape index (κ1) is 28.7. The molecular formula is C15H10N8O14. The van der Waals surface area contributed by atoms with Gasteiger partial charge in [-0.3, -0.25) is 60.7 Å². The molecular weight excluding hydrogens is 516 g/mol. The lowest BCUT2D eigenvalue weighted by molar-refractivity contribution is -0.404. The van der Waals surface area contributed by atoms with E-state index in [-0.39, 0.29) is 0 Å². The molecule has 1 heterocycles. The molecule has 0 unspecified atom stereocenters. The summed E-state index contributed by atoms with van der Waals surface area (Å²) in [7, 11) is 0. The zero-order chi connectivity index (χ0) is 28.4. The molecule has 3 rings (SSSR count). The fraction of sp³-hybridized carbons (Fsp3) is 0. The molecule has 0 aliphatic carbocycles. The van der Waals surface area contributed by atoms with Gasteiger partial charge >= 0.3 is 22.7 Å². The van der Waals surface area contributed by atoms with Crippen LogP contribution in [-0.2, 0) is 0 Å². The van der Waals surface area contributed by atoms with Crippen molar-refractivity contribution in [2.45, 2.75) is 0 Å². The highest BCUT2D eigenvalue weighted by Gasteiger charge is 2.31. The first-order valence-corrected chi connectivity index (χ1v) is 8.72. The molecule has 3 aromatic rings. The standard InChI is InChI=1S/2C6H3N3O7.C3H4N2/c2*10-6-4(8(13)14)1-3(7(11)12)2-5(6)9(15)16;1-2-5-3-4-1/h2*1-2,10H;1-3H,(H,4,5). The molecule has 22 heteroatoms. The van der Waals surface area contributed by atoms with Gasteiger partial charge in [-0.15, -0.1) is 0 Å². The molecule has 1 aromatic heterocycles. The third-order valence-electron chi connectivity index (χ3n) is 3.72. The number of non-ortho nitro benzene ring substituents is 2. The van der Waals surface area contributed by atoms with Crippen LogP contribution in [0.2, 0.25) is 0 Å². The summed E-state index contributed by atoms with van der Waals surface area (Å²) in [5.41, 5.74) is -6.00. The maximum Gasteiger partial charge on any atom is 0.324 e. The average Bonchev–Trinajstić information content (AvgIpc) is 3.39. The Labute approximate surface area is 199 Å². The van der Waals surface area contributed by atoms with E-state index in [2.05, 4.69) is 9.97 Å². The Bertz CT molecular complexity index is 1190.